The van der Waals surface area contributed by atoms with Crippen LogP contribution < -0.4 is 10.6 Å². The second kappa shape index (κ2) is 10.9. The molecule has 1 atom stereocenters. The predicted molar refractivity (Wildman–Crippen MR) is 130 cm³/mol. The van der Waals surface area contributed by atoms with Crippen molar-refractivity contribution in [3.8, 4) is 0 Å². The molecule has 3 aromatic rings. The van der Waals surface area contributed by atoms with Gasteiger partial charge in [-0.25, -0.2) is 0 Å². The summed E-state index contributed by atoms with van der Waals surface area (Å²) in [4.78, 5) is 35.4. The van der Waals surface area contributed by atoms with Crippen LogP contribution in [-0.4, -0.2) is 37.3 Å². The summed E-state index contributed by atoms with van der Waals surface area (Å²) in [6, 6.07) is 11.2. The molecule has 178 valence electrons. The van der Waals surface area contributed by atoms with E-state index in [1.807, 2.05) is 43.5 Å². The summed E-state index contributed by atoms with van der Waals surface area (Å²) in [7, 11) is 0. The number of rotatable bonds is 9. The van der Waals surface area contributed by atoms with E-state index in [0.29, 0.717) is 34.3 Å². The maximum absolute atomic E-state index is 12.6. The normalized spacial score (nSPS) is 11.6. The van der Waals surface area contributed by atoms with E-state index in [9.17, 15) is 19.7 Å². The van der Waals surface area contributed by atoms with Crippen molar-refractivity contribution in [1.29, 1.82) is 0 Å². The third-order valence-corrected chi connectivity index (χ3v) is 6.07. The number of nitro groups is 1. The van der Waals surface area contributed by atoms with Gasteiger partial charge >= 0.3 is 0 Å². The molecule has 3 rings (SSSR count). The zero-order chi connectivity index (χ0) is 24.8. The Morgan fingerprint density at radius 1 is 1.18 bits per heavy atom. The molecule has 1 aromatic heterocycles. The van der Waals surface area contributed by atoms with Gasteiger partial charge in [0.15, 0.2) is 11.0 Å². The number of nitrogens with zero attached hydrogens (tertiary/aromatic N) is 4. The van der Waals surface area contributed by atoms with Crippen LogP contribution in [0.1, 0.15) is 47.2 Å². The molecule has 0 spiro atoms. The lowest BCUT2D eigenvalue weighted by atomic mass is 10.1. The van der Waals surface area contributed by atoms with Crippen LogP contribution >= 0.6 is 11.8 Å². The van der Waals surface area contributed by atoms with Crippen molar-refractivity contribution >= 4 is 35.0 Å². The summed E-state index contributed by atoms with van der Waals surface area (Å²) >= 11 is 1.22. The maximum atomic E-state index is 12.6. The van der Waals surface area contributed by atoms with Gasteiger partial charge in [-0.05, 0) is 51.5 Å². The highest BCUT2D eigenvalue weighted by Crippen LogP contribution is 2.23. The van der Waals surface area contributed by atoms with Crippen LogP contribution in [0.2, 0.25) is 0 Å². The third kappa shape index (κ3) is 5.98. The van der Waals surface area contributed by atoms with Crippen molar-refractivity contribution < 1.29 is 14.5 Å². The number of amides is 2. The minimum absolute atomic E-state index is 0.0305. The molecule has 0 aliphatic rings. The number of aromatic nitrogens is 3. The van der Waals surface area contributed by atoms with E-state index in [4.69, 9.17) is 0 Å². The lowest BCUT2D eigenvalue weighted by Crippen LogP contribution is -2.28. The van der Waals surface area contributed by atoms with Gasteiger partial charge < -0.3 is 15.2 Å². The monoisotopic (exact) mass is 482 g/mol. The number of aryl methyl sites for hydroxylation is 2. The lowest BCUT2D eigenvalue weighted by Gasteiger charge is -2.15. The molecular weight excluding hydrogens is 456 g/mol. The van der Waals surface area contributed by atoms with Crippen LogP contribution in [0.4, 0.5) is 11.4 Å². The average Bonchev–Trinajstić information content (AvgIpc) is 3.22. The number of non-ortho nitro benzene ring substituents is 1. The molecule has 1 heterocycles. The summed E-state index contributed by atoms with van der Waals surface area (Å²) < 4.78 is 1.86. The van der Waals surface area contributed by atoms with E-state index >= 15 is 0 Å². The Morgan fingerprint density at radius 3 is 2.59 bits per heavy atom. The summed E-state index contributed by atoms with van der Waals surface area (Å²) in [6.07, 6.45) is 0. The van der Waals surface area contributed by atoms with Crippen molar-refractivity contribution in [3.05, 3.63) is 75.1 Å². The molecule has 0 saturated carbocycles. The van der Waals surface area contributed by atoms with Gasteiger partial charge in [-0.2, -0.15) is 0 Å². The maximum Gasteiger partial charge on any atom is 0.269 e. The van der Waals surface area contributed by atoms with Crippen LogP contribution in [0.3, 0.4) is 0 Å². The fourth-order valence-electron chi connectivity index (χ4n) is 3.37. The van der Waals surface area contributed by atoms with E-state index < -0.39 is 4.92 Å². The van der Waals surface area contributed by atoms with Crippen molar-refractivity contribution in [3.63, 3.8) is 0 Å². The molecule has 2 aromatic carbocycles. The standard InChI is InChI=1S/C23H26N6O4S/c1-5-28-21(16(4)24-22(31)17-8-6-7-14(2)11-17)26-27-23(28)34-13-20(30)25-19-10-9-18(29(32)33)12-15(19)3/h6-12,16H,5,13H2,1-4H3,(H,24,31)(H,25,30)/t16-/m0/s1. The molecule has 0 radical (unpaired) electrons. The number of thioether (sulfide) groups is 1. The zero-order valence-corrected chi connectivity index (χ0v) is 20.2. The van der Waals surface area contributed by atoms with Gasteiger partial charge in [0.1, 0.15) is 0 Å². The number of hydrogen-bond donors (Lipinski definition) is 2. The molecular formula is C23H26N6O4S. The number of carbonyl (C=O) groups excluding carboxylic acids is 2. The molecule has 0 unspecified atom stereocenters. The second-order valence-corrected chi connectivity index (χ2v) is 8.69. The average molecular weight is 483 g/mol. The van der Waals surface area contributed by atoms with Crippen LogP contribution in [0.5, 0.6) is 0 Å². The molecule has 0 aliphatic heterocycles. The van der Waals surface area contributed by atoms with Crippen molar-refractivity contribution in [1.82, 2.24) is 20.1 Å². The van der Waals surface area contributed by atoms with Gasteiger partial charge in [-0.3, -0.25) is 19.7 Å². The molecule has 0 aliphatic carbocycles. The Kier molecular flexibility index (Phi) is 8.00. The van der Waals surface area contributed by atoms with Gasteiger partial charge in [0.05, 0.1) is 16.7 Å². The first-order valence-corrected chi connectivity index (χ1v) is 11.7. The Balaban J connectivity index is 1.63. The highest BCUT2D eigenvalue weighted by Gasteiger charge is 2.20. The van der Waals surface area contributed by atoms with Crippen LogP contribution in [0.15, 0.2) is 47.6 Å². The fourth-order valence-corrected chi connectivity index (χ4v) is 4.18. The van der Waals surface area contributed by atoms with Gasteiger partial charge in [0.25, 0.3) is 11.6 Å². The van der Waals surface area contributed by atoms with Crippen molar-refractivity contribution in [2.75, 3.05) is 11.1 Å². The summed E-state index contributed by atoms with van der Waals surface area (Å²) in [5.41, 5.74) is 2.66. The fraction of sp³-hybridized carbons (Fsp3) is 0.304. The van der Waals surface area contributed by atoms with Crippen LogP contribution in [0.25, 0.3) is 0 Å². The first kappa shape index (κ1) is 24.9. The third-order valence-electron chi connectivity index (χ3n) is 5.10. The molecule has 2 amide bonds. The number of hydrogen-bond acceptors (Lipinski definition) is 7. The molecule has 0 bridgehead atoms. The number of carbonyl (C=O) groups is 2. The number of benzene rings is 2. The highest BCUT2D eigenvalue weighted by molar-refractivity contribution is 7.99. The van der Waals surface area contributed by atoms with Crippen molar-refractivity contribution in [2.45, 2.75) is 45.4 Å². The Bertz CT molecular complexity index is 1230. The molecule has 10 nitrogen and oxygen atoms in total. The predicted octanol–water partition coefficient (Wildman–Crippen LogP) is 4.04. The lowest BCUT2D eigenvalue weighted by molar-refractivity contribution is -0.384. The molecule has 11 heteroatoms. The highest BCUT2D eigenvalue weighted by atomic mass is 32.2. The van der Waals surface area contributed by atoms with Crippen molar-refractivity contribution in [2.24, 2.45) is 0 Å². The first-order valence-electron chi connectivity index (χ1n) is 10.7. The second-order valence-electron chi connectivity index (χ2n) is 7.74. The molecule has 0 saturated heterocycles. The molecule has 0 fully saturated rings. The molecule has 2 N–H and O–H groups in total. The van der Waals surface area contributed by atoms with Gasteiger partial charge in [-0.1, -0.05) is 29.5 Å². The minimum atomic E-state index is -0.478. The molecule has 34 heavy (non-hydrogen) atoms. The summed E-state index contributed by atoms with van der Waals surface area (Å²) in [5.74, 6) is 0.208. The minimum Gasteiger partial charge on any atom is -0.342 e. The summed E-state index contributed by atoms with van der Waals surface area (Å²) in [5, 5.41) is 25.6. The topological polar surface area (TPSA) is 132 Å². The number of nitro benzene ring substituents is 1. The zero-order valence-electron chi connectivity index (χ0n) is 19.4. The Morgan fingerprint density at radius 2 is 1.94 bits per heavy atom. The largest absolute Gasteiger partial charge is 0.342 e. The Hall–Kier alpha value is -3.73. The van der Waals surface area contributed by atoms with Gasteiger partial charge in [0.2, 0.25) is 5.91 Å². The van der Waals surface area contributed by atoms with Crippen LogP contribution in [0, 0.1) is 24.0 Å². The Labute approximate surface area is 201 Å². The summed E-state index contributed by atoms with van der Waals surface area (Å²) in [6.45, 7) is 7.96. The SMILES string of the molecule is CCn1c(SCC(=O)Nc2ccc([N+](=O)[O-])cc2C)nnc1[C@H](C)NC(=O)c1cccc(C)c1. The smallest absolute Gasteiger partial charge is 0.269 e. The van der Waals surface area contributed by atoms with E-state index in [1.165, 1.54) is 30.0 Å². The van der Waals surface area contributed by atoms with E-state index in [0.717, 1.165) is 5.56 Å². The van der Waals surface area contributed by atoms with Crippen LogP contribution in [-0.2, 0) is 11.3 Å². The number of nitrogens with one attached hydrogen (secondary N) is 2. The van der Waals surface area contributed by atoms with E-state index in [2.05, 4.69) is 20.8 Å². The first-order chi connectivity index (χ1) is 16.2. The van der Waals surface area contributed by atoms with E-state index in [-0.39, 0.29) is 29.3 Å². The van der Waals surface area contributed by atoms with Gasteiger partial charge in [-0.15, -0.1) is 10.2 Å². The van der Waals surface area contributed by atoms with Gasteiger partial charge in [0, 0.05) is 29.9 Å². The number of anilines is 1. The quantitative estimate of drug-likeness (QED) is 0.267. The van der Waals surface area contributed by atoms with E-state index in [1.54, 1.807) is 13.0 Å².